The number of amides is 3. The molecular formula is C22H31N3O7. The van der Waals surface area contributed by atoms with Gasteiger partial charge in [-0.3, -0.25) is 9.59 Å². The number of ether oxygens (including phenoxy) is 3. The van der Waals surface area contributed by atoms with Crippen molar-refractivity contribution in [2.45, 2.75) is 45.4 Å². The molecule has 2 unspecified atom stereocenters. The minimum Gasteiger partial charge on any atom is -0.469 e. The molecule has 2 N–H and O–H groups in total. The molecule has 0 spiro atoms. The van der Waals surface area contributed by atoms with Gasteiger partial charge in [0.15, 0.2) is 0 Å². The molecule has 2 rings (SSSR count). The van der Waals surface area contributed by atoms with Crippen LogP contribution in [0.5, 0.6) is 0 Å². The van der Waals surface area contributed by atoms with Gasteiger partial charge >= 0.3 is 18.2 Å². The minimum absolute atomic E-state index is 0.0158. The number of likely N-dealkylation sites (tertiary alicyclic amines) is 1. The van der Waals surface area contributed by atoms with E-state index in [9.17, 15) is 19.2 Å². The Morgan fingerprint density at radius 3 is 2.41 bits per heavy atom. The molecule has 0 aromatic heterocycles. The Labute approximate surface area is 187 Å². The highest BCUT2D eigenvalue weighted by Crippen LogP contribution is 2.21. The first-order valence-electron chi connectivity index (χ1n) is 10.4. The van der Waals surface area contributed by atoms with Crippen LogP contribution in [0, 0.1) is 5.92 Å². The predicted molar refractivity (Wildman–Crippen MR) is 114 cm³/mol. The van der Waals surface area contributed by atoms with Crippen molar-refractivity contribution < 1.29 is 33.4 Å². The van der Waals surface area contributed by atoms with Crippen molar-refractivity contribution in [1.29, 1.82) is 0 Å². The smallest absolute Gasteiger partial charge is 0.410 e. The van der Waals surface area contributed by atoms with Crippen LogP contribution in [-0.2, 0) is 30.4 Å². The van der Waals surface area contributed by atoms with Crippen molar-refractivity contribution in [3.8, 4) is 0 Å². The van der Waals surface area contributed by atoms with Crippen LogP contribution in [0.25, 0.3) is 0 Å². The highest BCUT2D eigenvalue weighted by atomic mass is 16.6. The number of carbonyl (C=O) groups excluding carboxylic acids is 4. The third-order valence-corrected chi connectivity index (χ3v) is 4.68. The molecule has 2 atom stereocenters. The molecule has 0 radical (unpaired) electrons. The summed E-state index contributed by atoms with van der Waals surface area (Å²) in [4.78, 5) is 50.2. The van der Waals surface area contributed by atoms with E-state index in [1.165, 1.54) is 12.0 Å². The average molecular weight is 450 g/mol. The van der Waals surface area contributed by atoms with Crippen molar-refractivity contribution >= 4 is 24.1 Å². The molecule has 1 aliphatic heterocycles. The van der Waals surface area contributed by atoms with E-state index < -0.39 is 41.6 Å². The van der Waals surface area contributed by atoms with Crippen LogP contribution >= 0.6 is 0 Å². The lowest BCUT2D eigenvalue weighted by Crippen LogP contribution is -2.46. The second kappa shape index (κ2) is 11.4. The monoisotopic (exact) mass is 449 g/mol. The Morgan fingerprint density at radius 1 is 1.09 bits per heavy atom. The van der Waals surface area contributed by atoms with Crippen LogP contribution in [-0.4, -0.2) is 67.3 Å². The highest BCUT2D eigenvalue weighted by molar-refractivity contribution is 5.83. The Hall–Kier alpha value is -3.30. The fraction of sp³-hybridized carbons (Fsp3) is 0.545. The maximum absolute atomic E-state index is 12.7. The van der Waals surface area contributed by atoms with E-state index in [-0.39, 0.29) is 32.7 Å². The summed E-state index contributed by atoms with van der Waals surface area (Å²) in [5, 5.41) is 5.32. The number of methoxy groups -OCH3 is 1. The lowest BCUT2D eigenvalue weighted by Gasteiger charge is -2.24. The number of nitrogens with zero attached hydrogens (tertiary/aromatic N) is 1. The van der Waals surface area contributed by atoms with Crippen molar-refractivity contribution in [2.75, 3.05) is 26.7 Å². The summed E-state index contributed by atoms with van der Waals surface area (Å²) in [5.41, 5.74) is 0.122. The molecule has 1 fully saturated rings. The molecule has 1 saturated heterocycles. The lowest BCUT2D eigenvalue weighted by atomic mass is 10.0. The number of esters is 1. The standard InChI is InChI=1S/C22H31N3O7/c1-22(2,3)32-21(29)25-12-16(19(27)23-11-10-18(26)30-4)17(13-25)24-20(28)31-14-15-8-6-5-7-9-15/h5-9,16-17H,10-14H2,1-4H3,(H,23,27)(H,24,28). The molecule has 176 valence electrons. The number of alkyl carbamates (subject to hydrolysis) is 1. The van der Waals surface area contributed by atoms with Crippen LogP contribution in [0.4, 0.5) is 9.59 Å². The fourth-order valence-electron chi connectivity index (χ4n) is 3.13. The molecular weight excluding hydrogens is 418 g/mol. The van der Waals surface area contributed by atoms with Gasteiger partial charge < -0.3 is 29.7 Å². The van der Waals surface area contributed by atoms with Crippen LogP contribution in [0.3, 0.4) is 0 Å². The minimum atomic E-state index is -0.732. The molecule has 0 bridgehead atoms. The van der Waals surface area contributed by atoms with E-state index in [4.69, 9.17) is 9.47 Å². The van der Waals surface area contributed by atoms with Crippen molar-refractivity contribution in [1.82, 2.24) is 15.5 Å². The van der Waals surface area contributed by atoms with Crippen LogP contribution < -0.4 is 10.6 Å². The third kappa shape index (κ3) is 8.09. The summed E-state index contributed by atoms with van der Waals surface area (Å²) in [6.07, 6.45) is -1.26. The summed E-state index contributed by atoms with van der Waals surface area (Å²) in [7, 11) is 1.26. The number of hydrogen-bond donors (Lipinski definition) is 2. The molecule has 1 aliphatic rings. The largest absolute Gasteiger partial charge is 0.469 e. The summed E-state index contributed by atoms with van der Waals surface area (Å²) >= 11 is 0. The van der Waals surface area contributed by atoms with E-state index >= 15 is 0 Å². The fourth-order valence-corrected chi connectivity index (χ4v) is 3.13. The summed E-state index contributed by atoms with van der Waals surface area (Å²) < 4.78 is 15.2. The SMILES string of the molecule is COC(=O)CCNC(=O)C1CN(C(=O)OC(C)(C)C)CC1NC(=O)OCc1ccccc1. The van der Waals surface area contributed by atoms with Gasteiger partial charge in [-0.1, -0.05) is 30.3 Å². The summed E-state index contributed by atoms with van der Waals surface area (Å²) in [6.45, 7) is 5.54. The molecule has 1 aromatic carbocycles. The molecule has 32 heavy (non-hydrogen) atoms. The van der Waals surface area contributed by atoms with Gasteiger partial charge in [0.05, 0.1) is 25.5 Å². The van der Waals surface area contributed by atoms with E-state index in [0.29, 0.717) is 0 Å². The Kier molecular flexibility index (Phi) is 8.86. The predicted octanol–water partition coefficient (Wildman–Crippen LogP) is 1.83. The van der Waals surface area contributed by atoms with Crippen LogP contribution in [0.15, 0.2) is 30.3 Å². The van der Waals surface area contributed by atoms with Crippen LogP contribution in [0.2, 0.25) is 0 Å². The Bertz CT molecular complexity index is 807. The van der Waals surface area contributed by atoms with Gasteiger partial charge in [-0.05, 0) is 26.3 Å². The van der Waals surface area contributed by atoms with Gasteiger partial charge in [0.25, 0.3) is 0 Å². The van der Waals surface area contributed by atoms with Crippen molar-refractivity contribution in [3.63, 3.8) is 0 Å². The molecule has 1 aromatic rings. The molecule has 3 amide bonds. The van der Waals surface area contributed by atoms with Crippen molar-refractivity contribution in [3.05, 3.63) is 35.9 Å². The highest BCUT2D eigenvalue weighted by Gasteiger charge is 2.42. The maximum Gasteiger partial charge on any atom is 0.410 e. The van der Waals surface area contributed by atoms with Crippen LogP contribution in [0.1, 0.15) is 32.8 Å². The molecule has 10 heteroatoms. The zero-order valence-electron chi connectivity index (χ0n) is 18.9. The molecule has 0 saturated carbocycles. The van der Waals surface area contributed by atoms with E-state index in [0.717, 1.165) is 5.56 Å². The first kappa shape index (κ1) is 25.0. The van der Waals surface area contributed by atoms with Crippen molar-refractivity contribution in [2.24, 2.45) is 5.92 Å². The maximum atomic E-state index is 12.7. The first-order chi connectivity index (χ1) is 15.1. The molecule has 10 nitrogen and oxygen atoms in total. The topological polar surface area (TPSA) is 123 Å². The van der Waals surface area contributed by atoms with E-state index in [1.54, 1.807) is 20.8 Å². The number of rotatable bonds is 7. The number of hydrogen-bond acceptors (Lipinski definition) is 7. The lowest BCUT2D eigenvalue weighted by molar-refractivity contribution is -0.140. The second-order valence-corrected chi connectivity index (χ2v) is 8.42. The van der Waals surface area contributed by atoms with E-state index in [1.807, 2.05) is 30.3 Å². The van der Waals surface area contributed by atoms with Gasteiger partial charge in [-0.15, -0.1) is 0 Å². The van der Waals surface area contributed by atoms with Gasteiger partial charge in [-0.2, -0.15) is 0 Å². The normalized spacial score (nSPS) is 17.9. The van der Waals surface area contributed by atoms with E-state index in [2.05, 4.69) is 15.4 Å². The summed E-state index contributed by atoms with van der Waals surface area (Å²) in [6, 6.07) is 8.50. The Morgan fingerprint density at radius 2 is 1.78 bits per heavy atom. The number of benzene rings is 1. The number of carbonyl (C=O) groups is 4. The molecule has 1 heterocycles. The Balaban J connectivity index is 1.99. The van der Waals surface area contributed by atoms with Gasteiger partial charge in [0, 0.05) is 19.6 Å². The summed E-state index contributed by atoms with van der Waals surface area (Å²) in [5.74, 6) is -1.58. The van der Waals surface area contributed by atoms with Gasteiger partial charge in [-0.25, -0.2) is 9.59 Å². The zero-order chi connectivity index (χ0) is 23.7. The second-order valence-electron chi connectivity index (χ2n) is 8.42. The first-order valence-corrected chi connectivity index (χ1v) is 10.4. The average Bonchev–Trinajstić information content (AvgIpc) is 3.15. The molecule has 0 aliphatic carbocycles. The van der Waals surface area contributed by atoms with Gasteiger partial charge in [0.1, 0.15) is 12.2 Å². The van der Waals surface area contributed by atoms with Gasteiger partial charge in [0.2, 0.25) is 5.91 Å². The number of nitrogens with one attached hydrogen (secondary N) is 2. The quantitative estimate of drug-likeness (QED) is 0.481. The third-order valence-electron chi connectivity index (χ3n) is 4.68. The zero-order valence-corrected chi connectivity index (χ0v) is 18.9.